The van der Waals surface area contributed by atoms with Gasteiger partial charge in [-0.15, -0.1) is 0 Å². The first kappa shape index (κ1) is 16.2. The molecule has 0 bridgehead atoms. The number of aliphatic hydroxyl groups is 2. The van der Waals surface area contributed by atoms with Gasteiger partial charge < -0.3 is 11.6 Å². The molecule has 0 rings (SSSR count). The molecule has 0 aliphatic heterocycles. The van der Waals surface area contributed by atoms with E-state index in [1.54, 1.807) is 0 Å². The van der Waals surface area contributed by atoms with Crippen molar-refractivity contribution in [1.29, 1.82) is 0 Å². The van der Waals surface area contributed by atoms with Crippen molar-refractivity contribution in [2.24, 2.45) is 0 Å². The molecule has 0 saturated carbocycles. The minimum Gasteiger partial charge on any atom is -1.00 e. The number of aliphatic hydroxyl groups excluding tert-OH is 2. The van der Waals surface area contributed by atoms with Gasteiger partial charge in [0.2, 0.25) is 0 Å². The number of hydrogen-bond acceptors (Lipinski definition) is 5. The Morgan fingerprint density at radius 3 is 2.00 bits per heavy atom. The Balaban J connectivity index is -0.000000605. The second-order valence-electron chi connectivity index (χ2n) is 2.78. The Kier molecular flexibility index (Phi) is 7.87. The standard InChI is InChI=1S/C5H13NO5S.Na.H/c1-5(2-7,3-8)6-4-12(9,10)11;;/h6-8H,2-4H2,1H3,(H,9,10,11);;/q;+1;-1. The molecule has 0 aromatic carbocycles. The van der Waals surface area contributed by atoms with Crippen molar-refractivity contribution in [3.63, 3.8) is 0 Å². The van der Waals surface area contributed by atoms with Crippen LogP contribution in [0.1, 0.15) is 8.35 Å². The predicted molar refractivity (Wildman–Crippen MR) is 43.2 cm³/mol. The molecule has 76 valence electrons. The zero-order valence-corrected chi connectivity index (χ0v) is 10.5. The molecule has 8 heteroatoms. The van der Waals surface area contributed by atoms with Gasteiger partial charge in [-0.05, 0) is 6.92 Å². The molecule has 4 N–H and O–H groups in total. The van der Waals surface area contributed by atoms with E-state index in [0.29, 0.717) is 0 Å². The molecule has 0 atom stereocenters. The molecular weight excluding hydrogens is 209 g/mol. The Morgan fingerprint density at radius 2 is 1.77 bits per heavy atom. The van der Waals surface area contributed by atoms with E-state index in [-0.39, 0.29) is 31.0 Å². The summed E-state index contributed by atoms with van der Waals surface area (Å²) in [7, 11) is -4.11. The molecule has 0 aliphatic carbocycles. The van der Waals surface area contributed by atoms with Gasteiger partial charge in [0, 0.05) is 0 Å². The predicted octanol–water partition coefficient (Wildman–Crippen LogP) is -4.72. The Labute approximate surface area is 101 Å². The SMILES string of the molecule is CC(CO)(CO)NCS(=O)(=O)O.[H-].[Na+]. The molecule has 0 aromatic heterocycles. The average Bonchev–Trinajstić information content (AvgIpc) is 1.99. The van der Waals surface area contributed by atoms with E-state index < -0.39 is 34.7 Å². The maximum atomic E-state index is 10.2. The van der Waals surface area contributed by atoms with Gasteiger partial charge in [-0.2, -0.15) is 8.42 Å². The summed E-state index contributed by atoms with van der Waals surface area (Å²) in [5, 5.41) is 19.7. The topological polar surface area (TPSA) is 107 Å². The van der Waals surface area contributed by atoms with Crippen LogP contribution in [0.2, 0.25) is 0 Å². The third-order valence-electron chi connectivity index (χ3n) is 1.38. The van der Waals surface area contributed by atoms with Crippen LogP contribution in [-0.4, -0.2) is 47.8 Å². The van der Waals surface area contributed by atoms with E-state index in [2.05, 4.69) is 5.32 Å². The fraction of sp³-hybridized carbons (Fsp3) is 1.00. The monoisotopic (exact) mass is 223 g/mol. The smallest absolute Gasteiger partial charge is 1.00 e. The first-order chi connectivity index (χ1) is 5.33. The van der Waals surface area contributed by atoms with Crippen LogP contribution in [-0.2, 0) is 10.1 Å². The van der Waals surface area contributed by atoms with E-state index in [9.17, 15) is 8.42 Å². The molecule has 0 amide bonds. The molecule has 0 saturated heterocycles. The van der Waals surface area contributed by atoms with E-state index in [4.69, 9.17) is 14.8 Å². The Hall–Kier alpha value is 0.790. The van der Waals surface area contributed by atoms with Crippen molar-refractivity contribution in [3.05, 3.63) is 0 Å². The molecule has 0 fully saturated rings. The largest absolute Gasteiger partial charge is 1.00 e. The average molecular weight is 223 g/mol. The van der Waals surface area contributed by atoms with Crippen molar-refractivity contribution in [2.45, 2.75) is 12.5 Å². The van der Waals surface area contributed by atoms with Crippen LogP contribution in [0.15, 0.2) is 0 Å². The van der Waals surface area contributed by atoms with Crippen molar-refractivity contribution in [1.82, 2.24) is 5.32 Å². The maximum absolute atomic E-state index is 10.2. The van der Waals surface area contributed by atoms with Crippen LogP contribution in [0.4, 0.5) is 0 Å². The zero-order chi connectivity index (χ0) is 9.83. The van der Waals surface area contributed by atoms with Gasteiger partial charge in [-0.1, -0.05) is 0 Å². The van der Waals surface area contributed by atoms with Crippen molar-refractivity contribution in [2.75, 3.05) is 19.1 Å². The molecule has 6 nitrogen and oxygen atoms in total. The van der Waals surface area contributed by atoms with Gasteiger partial charge in [0.25, 0.3) is 10.1 Å². The van der Waals surface area contributed by atoms with Crippen LogP contribution in [0.25, 0.3) is 0 Å². The van der Waals surface area contributed by atoms with Crippen LogP contribution in [0, 0.1) is 0 Å². The molecular formula is C5H14NNaO5S. The zero-order valence-electron chi connectivity index (χ0n) is 8.69. The summed E-state index contributed by atoms with van der Waals surface area (Å²) < 4.78 is 28.8. The van der Waals surface area contributed by atoms with Gasteiger partial charge in [0.1, 0.15) is 5.88 Å². The second kappa shape index (κ2) is 6.31. The Morgan fingerprint density at radius 1 is 1.38 bits per heavy atom. The van der Waals surface area contributed by atoms with Crippen LogP contribution in [0.3, 0.4) is 0 Å². The molecule has 0 spiro atoms. The molecule has 0 aliphatic rings. The van der Waals surface area contributed by atoms with E-state index in [1.807, 2.05) is 0 Å². The minimum atomic E-state index is -4.11. The third kappa shape index (κ3) is 7.83. The summed E-state index contributed by atoms with van der Waals surface area (Å²) in [6, 6.07) is 0. The quantitative estimate of drug-likeness (QED) is 0.275. The molecule has 0 heterocycles. The molecule has 0 aromatic rings. The van der Waals surface area contributed by atoms with Crippen LogP contribution >= 0.6 is 0 Å². The Bertz CT molecular complexity index is 230. The van der Waals surface area contributed by atoms with Crippen LogP contribution in [0.5, 0.6) is 0 Å². The fourth-order valence-electron chi connectivity index (χ4n) is 0.427. The molecule has 0 radical (unpaired) electrons. The first-order valence-electron chi connectivity index (χ1n) is 3.25. The molecule has 0 unspecified atom stereocenters. The van der Waals surface area contributed by atoms with E-state index in [1.165, 1.54) is 6.92 Å². The van der Waals surface area contributed by atoms with Crippen molar-refractivity contribution < 1.29 is 54.2 Å². The van der Waals surface area contributed by atoms with E-state index >= 15 is 0 Å². The van der Waals surface area contributed by atoms with E-state index in [0.717, 1.165) is 0 Å². The molecule has 13 heavy (non-hydrogen) atoms. The normalized spacial score (nSPS) is 12.3. The third-order valence-corrected chi connectivity index (χ3v) is 1.89. The summed E-state index contributed by atoms with van der Waals surface area (Å²) in [4.78, 5) is 0. The van der Waals surface area contributed by atoms with Gasteiger partial charge >= 0.3 is 29.6 Å². The summed E-state index contributed by atoms with van der Waals surface area (Å²) >= 11 is 0. The van der Waals surface area contributed by atoms with Gasteiger partial charge in [0.05, 0.1) is 18.8 Å². The van der Waals surface area contributed by atoms with Crippen molar-refractivity contribution >= 4 is 10.1 Å². The summed E-state index contributed by atoms with van der Waals surface area (Å²) in [5.41, 5.74) is -1.09. The van der Waals surface area contributed by atoms with Crippen LogP contribution < -0.4 is 34.9 Å². The summed E-state index contributed by atoms with van der Waals surface area (Å²) in [5.74, 6) is -0.690. The number of rotatable bonds is 5. The minimum absolute atomic E-state index is 0. The number of nitrogens with one attached hydrogen (secondary N) is 1. The van der Waals surface area contributed by atoms with Crippen molar-refractivity contribution in [3.8, 4) is 0 Å². The maximum Gasteiger partial charge on any atom is 1.00 e. The fourth-order valence-corrected chi connectivity index (χ4v) is 0.958. The summed E-state index contributed by atoms with van der Waals surface area (Å²) in [6.07, 6.45) is 0. The van der Waals surface area contributed by atoms with Gasteiger partial charge in [-0.25, -0.2) is 0 Å². The summed E-state index contributed by atoms with van der Waals surface area (Å²) in [6.45, 7) is 0.593. The first-order valence-corrected chi connectivity index (χ1v) is 4.86. The van der Waals surface area contributed by atoms with Gasteiger partial charge in [-0.3, -0.25) is 9.87 Å². The number of hydrogen-bond donors (Lipinski definition) is 4. The second-order valence-corrected chi connectivity index (χ2v) is 4.23. The van der Waals surface area contributed by atoms with Gasteiger partial charge in [0.15, 0.2) is 0 Å².